The Bertz CT molecular complexity index is 460. The van der Waals surface area contributed by atoms with Gasteiger partial charge in [-0.05, 0) is 30.7 Å². The number of quaternary nitrogens is 1. The van der Waals surface area contributed by atoms with Gasteiger partial charge in [0, 0.05) is 27.5 Å². The Kier molecular flexibility index (Phi) is 2.61. The average molecular weight is 254 g/mol. The van der Waals surface area contributed by atoms with Gasteiger partial charge in [0.05, 0.1) is 6.54 Å². The SMILES string of the molecule is Cc1[nH]c2ccc(Br)cc2c1CC[NH3+]. The molecule has 0 amide bonds. The summed E-state index contributed by atoms with van der Waals surface area (Å²) in [6, 6.07) is 6.34. The molecule has 0 aliphatic rings. The van der Waals surface area contributed by atoms with Gasteiger partial charge in [0.15, 0.2) is 0 Å². The van der Waals surface area contributed by atoms with E-state index in [1.54, 1.807) is 0 Å². The molecule has 2 rings (SSSR count). The molecule has 0 unspecified atom stereocenters. The molecule has 1 aromatic carbocycles. The van der Waals surface area contributed by atoms with Gasteiger partial charge in [-0.2, -0.15) is 0 Å². The lowest BCUT2D eigenvalue weighted by Gasteiger charge is -1.97. The van der Waals surface area contributed by atoms with Crippen molar-refractivity contribution in [3.8, 4) is 0 Å². The van der Waals surface area contributed by atoms with Gasteiger partial charge < -0.3 is 10.7 Å². The summed E-state index contributed by atoms with van der Waals surface area (Å²) in [6.45, 7) is 3.07. The highest BCUT2D eigenvalue weighted by atomic mass is 79.9. The lowest BCUT2D eigenvalue weighted by molar-refractivity contribution is -0.366. The summed E-state index contributed by atoms with van der Waals surface area (Å²) in [5.74, 6) is 0. The van der Waals surface area contributed by atoms with E-state index in [0.717, 1.165) is 17.4 Å². The number of aromatic nitrogens is 1. The van der Waals surface area contributed by atoms with Crippen molar-refractivity contribution in [1.82, 2.24) is 4.98 Å². The Hall–Kier alpha value is -0.800. The molecule has 4 N–H and O–H groups in total. The van der Waals surface area contributed by atoms with Crippen LogP contribution in [-0.2, 0) is 6.42 Å². The van der Waals surface area contributed by atoms with Gasteiger partial charge in [-0.25, -0.2) is 0 Å². The molecule has 0 spiro atoms. The Morgan fingerprint density at radius 2 is 2.21 bits per heavy atom. The minimum atomic E-state index is 0.945. The Labute approximate surface area is 91.6 Å². The quantitative estimate of drug-likeness (QED) is 0.823. The molecule has 14 heavy (non-hydrogen) atoms. The van der Waals surface area contributed by atoms with E-state index < -0.39 is 0 Å². The van der Waals surface area contributed by atoms with Gasteiger partial charge >= 0.3 is 0 Å². The maximum absolute atomic E-state index is 3.91. The number of benzene rings is 1. The Morgan fingerprint density at radius 1 is 1.43 bits per heavy atom. The Balaban J connectivity index is 2.66. The molecule has 0 saturated carbocycles. The highest BCUT2D eigenvalue weighted by molar-refractivity contribution is 9.10. The number of H-pyrrole nitrogens is 1. The molecule has 2 nitrogen and oxygen atoms in total. The van der Waals surface area contributed by atoms with Crippen LogP contribution >= 0.6 is 15.9 Å². The van der Waals surface area contributed by atoms with Crippen molar-refractivity contribution >= 4 is 26.8 Å². The zero-order valence-electron chi connectivity index (χ0n) is 8.23. The number of hydrogen-bond acceptors (Lipinski definition) is 0. The van der Waals surface area contributed by atoms with Crippen molar-refractivity contribution in [2.24, 2.45) is 0 Å². The summed E-state index contributed by atoms with van der Waals surface area (Å²) >= 11 is 3.50. The van der Waals surface area contributed by atoms with Crippen LogP contribution in [0, 0.1) is 6.92 Å². The average Bonchev–Trinajstić information content (AvgIpc) is 2.45. The predicted octanol–water partition coefficient (Wildman–Crippen LogP) is 2.02. The van der Waals surface area contributed by atoms with E-state index in [1.165, 1.54) is 22.2 Å². The van der Waals surface area contributed by atoms with Gasteiger partial charge in [0.1, 0.15) is 0 Å². The number of aromatic amines is 1. The first-order valence-corrected chi connectivity index (χ1v) is 5.57. The number of nitrogens with one attached hydrogen (secondary N) is 1. The van der Waals surface area contributed by atoms with Crippen molar-refractivity contribution in [3.05, 3.63) is 33.9 Å². The zero-order valence-corrected chi connectivity index (χ0v) is 9.82. The second-order valence-corrected chi connectivity index (χ2v) is 4.44. The summed E-state index contributed by atoms with van der Waals surface area (Å²) < 4.78 is 1.13. The summed E-state index contributed by atoms with van der Waals surface area (Å²) in [5.41, 5.74) is 7.79. The molecular formula is C11H14BrN2+. The summed E-state index contributed by atoms with van der Waals surface area (Å²) in [7, 11) is 0. The first-order valence-electron chi connectivity index (χ1n) is 4.78. The summed E-state index contributed by atoms with van der Waals surface area (Å²) in [6.07, 6.45) is 1.04. The lowest BCUT2D eigenvalue weighted by atomic mass is 10.1. The van der Waals surface area contributed by atoms with E-state index in [1.807, 2.05) is 0 Å². The highest BCUT2D eigenvalue weighted by Crippen LogP contribution is 2.25. The second-order valence-electron chi connectivity index (χ2n) is 3.52. The summed E-state index contributed by atoms with van der Waals surface area (Å²) in [4.78, 5) is 3.39. The van der Waals surface area contributed by atoms with Crippen molar-refractivity contribution in [3.63, 3.8) is 0 Å². The fraction of sp³-hybridized carbons (Fsp3) is 0.273. The second kappa shape index (κ2) is 3.75. The van der Waals surface area contributed by atoms with Gasteiger partial charge in [-0.15, -0.1) is 0 Å². The molecule has 74 valence electrons. The maximum Gasteiger partial charge on any atom is 0.0781 e. The van der Waals surface area contributed by atoms with E-state index >= 15 is 0 Å². The molecular weight excluding hydrogens is 240 g/mol. The molecule has 2 aromatic rings. The first-order chi connectivity index (χ1) is 6.72. The normalized spacial score (nSPS) is 11.1. The molecule has 0 aliphatic carbocycles. The van der Waals surface area contributed by atoms with Crippen molar-refractivity contribution < 1.29 is 5.73 Å². The number of halogens is 1. The lowest BCUT2D eigenvalue weighted by Crippen LogP contribution is -2.51. The number of fused-ring (bicyclic) bond motifs is 1. The third-order valence-electron chi connectivity index (χ3n) is 2.51. The number of rotatable bonds is 2. The zero-order chi connectivity index (χ0) is 10.1. The topological polar surface area (TPSA) is 43.4 Å². The number of hydrogen-bond donors (Lipinski definition) is 2. The molecule has 1 aromatic heterocycles. The van der Waals surface area contributed by atoms with Gasteiger partial charge in [0.2, 0.25) is 0 Å². The van der Waals surface area contributed by atoms with E-state index in [0.29, 0.717) is 0 Å². The first kappa shape index (κ1) is 9.74. The van der Waals surface area contributed by atoms with Crippen molar-refractivity contribution in [1.29, 1.82) is 0 Å². The molecule has 0 saturated heterocycles. The van der Waals surface area contributed by atoms with Crippen LogP contribution < -0.4 is 5.73 Å². The molecule has 0 fully saturated rings. The van der Waals surface area contributed by atoms with E-state index in [-0.39, 0.29) is 0 Å². The molecule has 1 heterocycles. The fourth-order valence-electron chi connectivity index (χ4n) is 1.85. The number of aryl methyl sites for hydroxylation is 1. The van der Waals surface area contributed by atoms with E-state index in [9.17, 15) is 0 Å². The molecule has 3 heteroatoms. The van der Waals surface area contributed by atoms with Crippen LogP contribution in [0.5, 0.6) is 0 Å². The molecule has 0 atom stereocenters. The van der Waals surface area contributed by atoms with Crippen molar-refractivity contribution in [2.45, 2.75) is 13.3 Å². The minimum Gasteiger partial charge on any atom is -0.358 e. The van der Waals surface area contributed by atoms with Crippen LogP contribution in [-0.4, -0.2) is 11.5 Å². The molecule has 0 aliphatic heterocycles. The maximum atomic E-state index is 3.91. The monoisotopic (exact) mass is 253 g/mol. The minimum absolute atomic E-state index is 0.945. The fourth-order valence-corrected chi connectivity index (χ4v) is 2.21. The van der Waals surface area contributed by atoms with Crippen LogP contribution in [0.2, 0.25) is 0 Å². The van der Waals surface area contributed by atoms with Gasteiger partial charge in [0.25, 0.3) is 0 Å². The summed E-state index contributed by atoms with van der Waals surface area (Å²) in [5, 5.41) is 1.32. The van der Waals surface area contributed by atoms with E-state index in [4.69, 9.17) is 0 Å². The van der Waals surface area contributed by atoms with Crippen LogP contribution in [0.25, 0.3) is 10.9 Å². The largest absolute Gasteiger partial charge is 0.358 e. The van der Waals surface area contributed by atoms with Crippen LogP contribution in [0.4, 0.5) is 0 Å². The highest BCUT2D eigenvalue weighted by Gasteiger charge is 2.07. The Morgan fingerprint density at radius 3 is 2.93 bits per heavy atom. The third kappa shape index (κ3) is 1.57. The predicted molar refractivity (Wildman–Crippen MR) is 62.2 cm³/mol. The van der Waals surface area contributed by atoms with Crippen LogP contribution in [0.3, 0.4) is 0 Å². The van der Waals surface area contributed by atoms with E-state index in [2.05, 4.69) is 51.8 Å². The van der Waals surface area contributed by atoms with Crippen molar-refractivity contribution in [2.75, 3.05) is 6.54 Å². The molecule has 0 radical (unpaired) electrons. The van der Waals surface area contributed by atoms with Crippen LogP contribution in [0.15, 0.2) is 22.7 Å². The van der Waals surface area contributed by atoms with Gasteiger partial charge in [-0.1, -0.05) is 15.9 Å². The van der Waals surface area contributed by atoms with Gasteiger partial charge in [-0.3, -0.25) is 0 Å². The molecule has 0 bridgehead atoms. The smallest absolute Gasteiger partial charge is 0.0781 e. The standard InChI is InChI=1S/C11H13BrN2/c1-7-9(4-5-13)10-6-8(12)2-3-11(10)14-7/h2-3,6,14H,4-5,13H2,1H3/p+1. The third-order valence-corrected chi connectivity index (χ3v) is 3.00. The van der Waals surface area contributed by atoms with Crippen LogP contribution in [0.1, 0.15) is 11.3 Å².